The lowest BCUT2D eigenvalue weighted by Crippen LogP contribution is -2.13. The molecule has 0 amide bonds. The predicted molar refractivity (Wildman–Crippen MR) is 84.7 cm³/mol. The summed E-state index contributed by atoms with van der Waals surface area (Å²) in [7, 11) is 0. The molecule has 0 aliphatic carbocycles. The van der Waals surface area contributed by atoms with Crippen molar-refractivity contribution in [2.45, 2.75) is 26.3 Å². The third-order valence-electron chi connectivity index (χ3n) is 2.89. The van der Waals surface area contributed by atoms with Crippen molar-refractivity contribution in [1.82, 2.24) is 14.5 Å². The van der Waals surface area contributed by atoms with Crippen molar-refractivity contribution in [3.8, 4) is 0 Å². The molecular formula is C13H17Cl2N3S. The van der Waals surface area contributed by atoms with Gasteiger partial charge in [-0.1, -0.05) is 18.5 Å². The first-order chi connectivity index (χ1) is 9.17. The molecule has 1 atom stereocenters. The van der Waals surface area contributed by atoms with Crippen LogP contribution < -0.4 is 0 Å². The van der Waals surface area contributed by atoms with Gasteiger partial charge in [0.1, 0.15) is 11.3 Å². The average molecular weight is 318 g/mol. The maximum absolute atomic E-state index is 5.98. The monoisotopic (exact) mass is 317 g/mol. The fourth-order valence-electron chi connectivity index (χ4n) is 2.09. The number of nitrogens with zero attached hydrogens (tertiary/aromatic N) is 3. The minimum atomic E-state index is 0.349. The number of thioether (sulfide) groups is 1. The van der Waals surface area contributed by atoms with Crippen molar-refractivity contribution in [1.29, 1.82) is 0 Å². The molecule has 0 N–H and O–H groups in total. The van der Waals surface area contributed by atoms with Crippen molar-refractivity contribution in [3.63, 3.8) is 0 Å². The van der Waals surface area contributed by atoms with Crippen LogP contribution in [0.15, 0.2) is 12.3 Å². The van der Waals surface area contributed by atoms with Crippen LogP contribution in [0.5, 0.6) is 0 Å². The molecule has 3 nitrogen and oxygen atoms in total. The highest BCUT2D eigenvalue weighted by Gasteiger charge is 2.16. The standard InChI is InChI=1S/C13H17Cl2N3S/c1-3-19-8-9(2)18-12(4-5-14)17-11-6-10(15)7-16-13(11)18/h6-7,9H,3-5,8H2,1-2H3. The molecule has 2 heterocycles. The van der Waals surface area contributed by atoms with Crippen LogP contribution in [0.3, 0.4) is 0 Å². The number of alkyl halides is 1. The van der Waals surface area contributed by atoms with Crippen LogP contribution in [-0.2, 0) is 6.42 Å². The van der Waals surface area contributed by atoms with Gasteiger partial charge in [0.2, 0.25) is 0 Å². The summed E-state index contributed by atoms with van der Waals surface area (Å²) < 4.78 is 2.19. The van der Waals surface area contributed by atoms with Crippen molar-refractivity contribution >= 4 is 46.1 Å². The first-order valence-electron chi connectivity index (χ1n) is 6.33. The lowest BCUT2D eigenvalue weighted by Gasteiger charge is -2.16. The summed E-state index contributed by atoms with van der Waals surface area (Å²) in [6.45, 7) is 4.36. The minimum Gasteiger partial charge on any atom is -0.309 e. The van der Waals surface area contributed by atoms with Crippen LogP contribution in [0, 0.1) is 0 Å². The molecule has 2 aromatic rings. The molecular weight excluding hydrogens is 301 g/mol. The molecule has 6 heteroatoms. The molecule has 0 radical (unpaired) electrons. The molecule has 19 heavy (non-hydrogen) atoms. The van der Waals surface area contributed by atoms with E-state index in [1.807, 2.05) is 17.8 Å². The number of hydrogen-bond acceptors (Lipinski definition) is 3. The molecule has 2 aromatic heterocycles. The van der Waals surface area contributed by atoms with E-state index in [0.717, 1.165) is 34.9 Å². The quantitative estimate of drug-likeness (QED) is 0.749. The van der Waals surface area contributed by atoms with E-state index in [9.17, 15) is 0 Å². The summed E-state index contributed by atoms with van der Waals surface area (Å²) >= 11 is 13.8. The van der Waals surface area contributed by atoms with Gasteiger partial charge in [0.15, 0.2) is 5.65 Å². The zero-order chi connectivity index (χ0) is 13.8. The predicted octanol–water partition coefficient (Wildman–Crippen LogP) is 4.18. The Bertz CT molecular complexity index is 556. The molecule has 0 saturated heterocycles. The SMILES string of the molecule is CCSCC(C)n1c(CCCl)nc2cc(Cl)cnc21. The molecule has 2 rings (SSSR count). The van der Waals surface area contributed by atoms with Gasteiger partial charge < -0.3 is 4.57 Å². The maximum atomic E-state index is 5.98. The third-order valence-corrected chi connectivity index (χ3v) is 4.41. The second-order valence-electron chi connectivity index (χ2n) is 4.34. The zero-order valence-corrected chi connectivity index (χ0v) is 13.4. The van der Waals surface area contributed by atoms with Crippen LogP contribution in [0.2, 0.25) is 5.02 Å². The smallest absolute Gasteiger partial charge is 0.160 e. The number of imidazole rings is 1. The molecule has 0 fully saturated rings. The first kappa shape index (κ1) is 14.9. The molecule has 104 valence electrons. The maximum Gasteiger partial charge on any atom is 0.160 e. The fraction of sp³-hybridized carbons (Fsp3) is 0.538. The Balaban J connectivity index is 2.45. The summed E-state index contributed by atoms with van der Waals surface area (Å²) in [5.41, 5.74) is 1.75. The van der Waals surface area contributed by atoms with Crippen LogP contribution in [0.25, 0.3) is 11.2 Å². The van der Waals surface area contributed by atoms with Gasteiger partial charge >= 0.3 is 0 Å². The van der Waals surface area contributed by atoms with Crippen molar-refractivity contribution in [2.75, 3.05) is 17.4 Å². The van der Waals surface area contributed by atoms with Crippen LogP contribution >= 0.6 is 35.0 Å². The van der Waals surface area contributed by atoms with Gasteiger partial charge in [0.25, 0.3) is 0 Å². The molecule has 0 aromatic carbocycles. The minimum absolute atomic E-state index is 0.349. The number of fused-ring (bicyclic) bond motifs is 1. The second-order valence-corrected chi connectivity index (χ2v) is 6.48. The van der Waals surface area contributed by atoms with E-state index in [1.54, 1.807) is 6.20 Å². The van der Waals surface area contributed by atoms with E-state index >= 15 is 0 Å². The summed E-state index contributed by atoms with van der Waals surface area (Å²) in [6.07, 6.45) is 2.42. The Kier molecular flexibility index (Phi) is 5.37. The highest BCUT2D eigenvalue weighted by molar-refractivity contribution is 7.99. The van der Waals surface area contributed by atoms with Crippen LogP contribution in [-0.4, -0.2) is 31.9 Å². The Morgan fingerprint density at radius 1 is 1.47 bits per heavy atom. The fourth-order valence-corrected chi connectivity index (χ4v) is 3.14. The van der Waals surface area contributed by atoms with Crippen molar-refractivity contribution in [3.05, 3.63) is 23.1 Å². The van der Waals surface area contributed by atoms with Crippen molar-refractivity contribution in [2.24, 2.45) is 0 Å². The third kappa shape index (κ3) is 3.36. The number of rotatable bonds is 6. The van der Waals surface area contributed by atoms with E-state index in [1.165, 1.54) is 0 Å². The van der Waals surface area contributed by atoms with Gasteiger partial charge in [-0.05, 0) is 18.7 Å². The van der Waals surface area contributed by atoms with Gasteiger partial charge in [-0.2, -0.15) is 11.8 Å². The Labute approximate surface area is 127 Å². The van der Waals surface area contributed by atoms with E-state index in [2.05, 4.69) is 28.4 Å². The summed E-state index contributed by atoms with van der Waals surface area (Å²) in [5, 5.41) is 0.616. The number of aryl methyl sites for hydroxylation is 1. The largest absolute Gasteiger partial charge is 0.309 e. The lowest BCUT2D eigenvalue weighted by molar-refractivity contribution is 0.593. The van der Waals surface area contributed by atoms with Gasteiger partial charge in [0.05, 0.1) is 5.02 Å². The highest BCUT2D eigenvalue weighted by atomic mass is 35.5. The number of pyridine rings is 1. The lowest BCUT2D eigenvalue weighted by atomic mass is 10.3. The Hall–Kier alpha value is -0.450. The molecule has 0 aliphatic rings. The molecule has 1 unspecified atom stereocenters. The molecule has 0 bridgehead atoms. The number of aromatic nitrogens is 3. The number of halogens is 2. The Morgan fingerprint density at radius 2 is 2.26 bits per heavy atom. The van der Waals surface area contributed by atoms with Gasteiger partial charge in [-0.3, -0.25) is 0 Å². The summed E-state index contributed by atoms with van der Waals surface area (Å²) in [5.74, 6) is 3.71. The summed E-state index contributed by atoms with van der Waals surface area (Å²) in [4.78, 5) is 9.04. The topological polar surface area (TPSA) is 30.7 Å². The zero-order valence-electron chi connectivity index (χ0n) is 11.1. The summed E-state index contributed by atoms with van der Waals surface area (Å²) in [6, 6.07) is 2.21. The van der Waals surface area contributed by atoms with Gasteiger partial charge in [-0.25, -0.2) is 9.97 Å². The average Bonchev–Trinajstić information content (AvgIpc) is 2.73. The van der Waals surface area contributed by atoms with Crippen LogP contribution in [0.1, 0.15) is 25.7 Å². The van der Waals surface area contributed by atoms with E-state index in [-0.39, 0.29) is 0 Å². The van der Waals surface area contributed by atoms with E-state index in [4.69, 9.17) is 23.2 Å². The van der Waals surface area contributed by atoms with E-state index < -0.39 is 0 Å². The first-order valence-corrected chi connectivity index (χ1v) is 8.40. The second kappa shape index (κ2) is 6.82. The van der Waals surface area contributed by atoms with Gasteiger partial charge in [0, 0.05) is 30.3 Å². The van der Waals surface area contributed by atoms with Crippen LogP contribution in [0.4, 0.5) is 0 Å². The van der Waals surface area contributed by atoms with E-state index in [0.29, 0.717) is 16.9 Å². The molecule has 0 spiro atoms. The molecule has 0 saturated carbocycles. The number of hydrogen-bond donors (Lipinski definition) is 0. The molecule has 0 aliphatic heterocycles. The van der Waals surface area contributed by atoms with Gasteiger partial charge in [-0.15, -0.1) is 11.6 Å². The Morgan fingerprint density at radius 3 is 2.95 bits per heavy atom. The van der Waals surface area contributed by atoms with Crippen molar-refractivity contribution < 1.29 is 0 Å². The highest BCUT2D eigenvalue weighted by Crippen LogP contribution is 2.24. The normalized spacial score (nSPS) is 13.1.